The molecule has 0 heterocycles. The Labute approximate surface area is 100 Å². The minimum atomic E-state index is -3.42. The Kier molecular flexibility index (Phi) is 4.88. The Bertz CT molecular complexity index is 438. The molecule has 0 unspecified atom stereocenters. The van der Waals surface area contributed by atoms with Crippen molar-refractivity contribution in [3.63, 3.8) is 0 Å². The van der Waals surface area contributed by atoms with Gasteiger partial charge in [0.2, 0.25) is 0 Å². The van der Waals surface area contributed by atoms with E-state index >= 15 is 0 Å². The van der Waals surface area contributed by atoms with E-state index in [0.29, 0.717) is 5.69 Å². The molecule has 0 aromatic heterocycles. The van der Waals surface area contributed by atoms with Crippen LogP contribution in [0.1, 0.15) is 0 Å². The third kappa shape index (κ3) is 3.40. The maximum absolute atomic E-state index is 11.6. The zero-order chi connectivity index (χ0) is 12.9. The monoisotopic (exact) mass is 261 g/mol. The van der Waals surface area contributed by atoms with E-state index in [1.807, 2.05) is 0 Å². The predicted molar refractivity (Wildman–Crippen MR) is 62.1 cm³/mol. The van der Waals surface area contributed by atoms with Gasteiger partial charge in [-0.05, 0) is 24.3 Å². The number of aliphatic hydroxyl groups excluding tert-OH is 1. The molecule has 0 atom stereocenters. The van der Waals surface area contributed by atoms with Gasteiger partial charge in [0.15, 0.2) is 9.84 Å². The van der Waals surface area contributed by atoms with Gasteiger partial charge in [-0.15, -0.1) is 5.23 Å². The molecule has 0 saturated carbocycles. The summed E-state index contributed by atoms with van der Waals surface area (Å²) in [5.74, 6) is -0.287. The molecular formula is C10H15NO5S. The summed E-state index contributed by atoms with van der Waals surface area (Å²) in [4.78, 5) is 9.92. The van der Waals surface area contributed by atoms with Crippen molar-refractivity contribution in [3.8, 4) is 0 Å². The van der Waals surface area contributed by atoms with Crippen molar-refractivity contribution in [1.82, 2.24) is 0 Å². The highest BCUT2D eigenvalue weighted by atomic mass is 32.2. The fourth-order valence-corrected chi connectivity index (χ4v) is 2.33. The molecule has 1 aromatic rings. The first-order chi connectivity index (χ1) is 8.05. The minimum Gasteiger partial charge on any atom is -0.395 e. The first-order valence-electron chi connectivity index (χ1n) is 4.87. The van der Waals surface area contributed by atoms with Gasteiger partial charge in [-0.1, -0.05) is 0 Å². The average Bonchev–Trinajstić information content (AvgIpc) is 2.31. The molecule has 1 rings (SSSR count). The quantitative estimate of drug-likeness (QED) is 0.746. The van der Waals surface area contributed by atoms with Crippen LogP contribution in [0.2, 0.25) is 0 Å². The molecule has 0 aliphatic carbocycles. The number of benzene rings is 1. The van der Waals surface area contributed by atoms with Gasteiger partial charge in [-0.3, -0.25) is 9.68 Å². The van der Waals surface area contributed by atoms with E-state index < -0.39 is 16.4 Å². The molecule has 17 heavy (non-hydrogen) atoms. The van der Waals surface area contributed by atoms with Gasteiger partial charge in [0, 0.05) is 0 Å². The van der Waals surface area contributed by atoms with Crippen molar-refractivity contribution < 1.29 is 23.2 Å². The van der Waals surface area contributed by atoms with Crippen LogP contribution >= 0.6 is 0 Å². The van der Waals surface area contributed by atoms with Crippen LogP contribution in [0.4, 0.5) is 5.69 Å². The number of hydrogen-bond donors (Lipinski definition) is 1. The highest BCUT2D eigenvalue weighted by Gasteiger charge is 2.14. The van der Waals surface area contributed by atoms with Crippen LogP contribution in [-0.2, 0) is 19.5 Å². The molecule has 0 radical (unpaired) electrons. The lowest BCUT2D eigenvalue weighted by atomic mass is 10.3. The average molecular weight is 261 g/mol. The van der Waals surface area contributed by atoms with Crippen LogP contribution in [0, 0.1) is 0 Å². The van der Waals surface area contributed by atoms with Crippen LogP contribution < -0.4 is 5.23 Å². The van der Waals surface area contributed by atoms with Gasteiger partial charge in [-0.25, -0.2) is 8.42 Å². The fourth-order valence-electron chi connectivity index (χ4n) is 1.30. The summed E-state index contributed by atoms with van der Waals surface area (Å²) in [5, 5.41) is 9.80. The smallest absolute Gasteiger partial charge is 0.180 e. The summed E-state index contributed by atoms with van der Waals surface area (Å²) in [6, 6.07) is 5.98. The van der Waals surface area contributed by atoms with Crippen LogP contribution in [0.3, 0.4) is 0 Å². The maximum Gasteiger partial charge on any atom is 0.180 e. The molecule has 7 heteroatoms. The van der Waals surface area contributed by atoms with Crippen molar-refractivity contribution in [2.75, 3.05) is 31.8 Å². The Balaban J connectivity index is 2.95. The third-order valence-corrected chi connectivity index (χ3v) is 3.81. The van der Waals surface area contributed by atoms with Crippen molar-refractivity contribution in [1.29, 1.82) is 0 Å². The largest absolute Gasteiger partial charge is 0.395 e. The highest BCUT2D eigenvalue weighted by Crippen LogP contribution is 2.18. The second-order valence-electron chi connectivity index (χ2n) is 3.16. The summed E-state index contributed by atoms with van der Waals surface area (Å²) in [5.41, 5.74) is 0.568. The van der Waals surface area contributed by atoms with Crippen molar-refractivity contribution in [3.05, 3.63) is 24.3 Å². The lowest BCUT2D eigenvalue weighted by molar-refractivity contribution is -0.0433. The van der Waals surface area contributed by atoms with Crippen LogP contribution in [0.5, 0.6) is 0 Å². The summed E-state index contributed by atoms with van der Waals surface area (Å²) >= 11 is 0. The van der Waals surface area contributed by atoms with E-state index in [1.165, 1.54) is 26.4 Å². The normalized spacial score (nSPS) is 11.5. The van der Waals surface area contributed by atoms with Crippen molar-refractivity contribution >= 4 is 15.5 Å². The SMILES string of the molecule is CON(OC)c1ccc(S(=O)(=O)CCO)cc1. The van der Waals surface area contributed by atoms with E-state index in [4.69, 9.17) is 14.8 Å². The zero-order valence-electron chi connectivity index (χ0n) is 9.66. The Morgan fingerprint density at radius 1 is 1.18 bits per heavy atom. The molecule has 1 N–H and O–H groups in total. The second-order valence-corrected chi connectivity index (χ2v) is 5.27. The van der Waals surface area contributed by atoms with Gasteiger partial charge < -0.3 is 5.11 Å². The second kappa shape index (κ2) is 5.97. The number of nitrogens with zero attached hydrogens (tertiary/aromatic N) is 1. The number of rotatable bonds is 6. The van der Waals surface area contributed by atoms with Gasteiger partial charge in [0.1, 0.15) is 0 Å². The number of hydrogen-bond acceptors (Lipinski definition) is 6. The van der Waals surface area contributed by atoms with Crippen LogP contribution in [0.25, 0.3) is 0 Å². The molecule has 0 spiro atoms. The predicted octanol–water partition coefficient (Wildman–Crippen LogP) is 0.382. The standard InChI is InChI=1S/C10H15NO5S/c1-15-11(16-2)9-3-5-10(6-4-9)17(13,14)8-7-12/h3-6,12H,7-8H2,1-2H3. The summed E-state index contributed by atoms with van der Waals surface area (Å²) in [7, 11) is -0.555. The molecule has 0 amide bonds. The molecule has 0 bridgehead atoms. The van der Waals surface area contributed by atoms with E-state index in [9.17, 15) is 8.42 Å². The molecule has 0 fully saturated rings. The first kappa shape index (κ1) is 13.9. The number of sulfone groups is 1. The lowest BCUT2D eigenvalue weighted by Crippen LogP contribution is -2.19. The third-order valence-electron chi connectivity index (χ3n) is 2.10. The Morgan fingerprint density at radius 2 is 1.71 bits per heavy atom. The van der Waals surface area contributed by atoms with Crippen LogP contribution in [-0.4, -0.2) is 40.1 Å². The van der Waals surface area contributed by atoms with Crippen LogP contribution in [0.15, 0.2) is 29.2 Å². The molecule has 1 aromatic carbocycles. The van der Waals surface area contributed by atoms with E-state index in [0.717, 1.165) is 5.23 Å². The summed E-state index contributed by atoms with van der Waals surface area (Å²) in [6.45, 7) is -0.396. The maximum atomic E-state index is 11.6. The Hall–Kier alpha value is -1.15. The van der Waals surface area contributed by atoms with Crippen molar-refractivity contribution in [2.24, 2.45) is 0 Å². The van der Waals surface area contributed by atoms with Gasteiger partial charge >= 0.3 is 0 Å². The highest BCUT2D eigenvalue weighted by molar-refractivity contribution is 7.91. The number of anilines is 1. The molecule has 0 aliphatic rings. The topological polar surface area (TPSA) is 76.1 Å². The molecular weight excluding hydrogens is 246 g/mol. The van der Waals surface area contributed by atoms with Crippen molar-refractivity contribution in [2.45, 2.75) is 4.90 Å². The minimum absolute atomic E-state index is 0.155. The lowest BCUT2D eigenvalue weighted by Gasteiger charge is -2.18. The number of aliphatic hydroxyl groups is 1. The van der Waals surface area contributed by atoms with Gasteiger partial charge in [-0.2, -0.15) is 0 Å². The fraction of sp³-hybridized carbons (Fsp3) is 0.400. The molecule has 0 saturated heterocycles. The van der Waals surface area contributed by atoms with E-state index in [-0.39, 0.29) is 10.6 Å². The molecule has 6 nitrogen and oxygen atoms in total. The zero-order valence-corrected chi connectivity index (χ0v) is 10.5. The van der Waals surface area contributed by atoms with E-state index in [1.54, 1.807) is 12.1 Å². The molecule has 0 aliphatic heterocycles. The van der Waals surface area contributed by atoms with Gasteiger partial charge in [0.05, 0.1) is 37.2 Å². The molecule has 96 valence electrons. The summed E-state index contributed by atoms with van der Waals surface area (Å²) in [6.07, 6.45) is 0. The Morgan fingerprint density at radius 3 is 2.12 bits per heavy atom. The van der Waals surface area contributed by atoms with E-state index in [2.05, 4.69) is 0 Å². The summed E-state index contributed by atoms with van der Waals surface area (Å²) < 4.78 is 23.2. The first-order valence-corrected chi connectivity index (χ1v) is 6.52. The van der Waals surface area contributed by atoms with Gasteiger partial charge in [0.25, 0.3) is 0 Å².